The van der Waals surface area contributed by atoms with Crippen LogP contribution in [0, 0.1) is 17.0 Å². The molecule has 1 amide bonds. The Hall–Kier alpha value is -2.89. The number of benzene rings is 2. The van der Waals surface area contributed by atoms with Crippen LogP contribution in [0.1, 0.15) is 47.8 Å². The number of hydrogen-bond donors (Lipinski definition) is 1. The summed E-state index contributed by atoms with van der Waals surface area (Å²) in [5.41, 5.74) is 1.13. The van der Waals surface area contributed by atoms with E-state index in [0.29, 0.717) is 17.5 Å². The highest BCUT2D eigenvalue weighted by atomic mass is 16.6. The maximum atomic E-state index is 12.8. The summed E-state index contributed by atoms with van der Waals surface area (Å²) in [6.07, 6.45) is 0.615. The van der Waals surface area contributed by atoms with Crippen LogP contribution in [0.4, 0.5) is 5.69 Å². The first-order valence-electron chi connectivity index (χ1n) is 8.11. The third-order valence-electron chi connectivity index (χ3n) is 4.43. The van der Waals surface area contributed by atoms with Crippen molar-refractivity contribution in [2.45, 2.75) is 38.8 Å². The van der Waals surface area contributed by atoms with Gasteiger partial charge in [-0.1, -0.05) is 24.3 Å². The largest absolute Gasteiger partial charge is 0.487 e. The van der Waals surface area contributed by atoms with Crippen molar-refractivity contribution in [1.29, 1.82) is 0 Å². The second kappa shape index (κ2) is 6.20. The van der Waals surface area contributed by atoms with Crippen LogP contribution in [0.2, 0.25) is 0 Å². The van der Waals surface area contributed by atoms with E-state index in [1.54, 1.807) is 13.0 Å². The highest BCUT2D eigenvalue weighted by Gasteiger charge is 2.34. The summed E-state index contributed by atoms with van der Waals surface area (Å²) >= 11 is 0. The van der Waals surface area contributed by atoms with E-state index in [9.17, 15) is 14.9 Å². The zero-order chi connectivity index (χ0) is 18.2. The summed E-state index contributed by atoms with van der Waals surface area (Å²) in [6, 6.07) is 11.9. The van der Waals surface area contributed by atoms with E-state index < -0.39 is 10.5 Å². The molecule has 2 aromatic carbocycles. The smallest absolute Gasteiger partial charge is 0.273 e. The van der Waals surface area contributed by atoms with Gasteiger partial charge >= 0.3 is 0 Å². The molecule has 1 aliphatic heterocycles. The molecule has 0 bridgehead atoms. The Labute approximate surface area is 146 Å². The molecule has 1 N–H and O–H groups in total. The Morgan fingerprint density at radius 3 is 2.68 bits per heavy atom. The predicted octanol–water partition coefficient (Wildman–Crippen LogP) is 3.94. The van der Waals surface area contributed by atoms with Gasteiger partial charge in [-0.05, 0) is 32.9 Å². The van der Waals surface area contributed by atoms with Gasteiger partial charge in [0.2, 0.25) is 0 Å². The lowest BCUT2D eigenvalue weighted by Gasteiger charge is -2.37. The maximum Gasteiger partial charge on any atom is 0.273 e. The van der Waals surface area contributed by atoms with E-state index in [4.69, 9.17) is 4.74 Å². The highest BCUT2D eigenvalue weighted by molar-refractivity contribution is 5.96. The number of ether oxygens (including phenoxy) is 1. The van der Waals surface area contributed by atoms with Crippen molar-refractivity contribution in [3.8, 4) is 5.75 Å². The monoisotopic (exact) mass is 340 g/mol. The molecule has 0 spiro atoms. The Balaban J connectivity index is 1.91. The van der Waals surface area contributed by atoms with Gasteiger partial charge in [0.25, 0.3) is 11.6 Å². The zero-order valence-electron chi connectivity index (χ0n) is 14.4. The van der Waals surface area contributed by atoms with Crippen molar-refractivity contribution >= 4 is 11.6 Å². The Kier molecular flexibility index (Phi) is 4.20. The van der Waals surface area contributed by atoms with Gasteiger partial charge in [0.05, 0.1) is 11.0 Å². The Morgan fingerprint density at radius 1 is 1.24 bits per heavy atom. The van der Waals surface area contributed by atoms with Gasteiger partial charge in [-0.25, -0.2) is 0 Å². The van der Waals surface area contributed by atoms with Crippen LogP contribution in [0.25, 0.3) is 0 Å². The number of hydrogen-bond acceptors (Lipinski definition) is 4. The van der Waals surface area contributed by atoms with E-state index in [1.165, 1.54) is 12.1 Å². The van der Waals surface area contributed by atoms with Gasteiger partial charge in [0.15, 0.2) is 0 Å². The number of carbonyl (C=O) groups excluding carboxylic acids is 1. The fourth-order valence-electron chi connectivity index (χ4n) is 3.23. The molecular formula is C19H20N2O4. The molecule has 3 rings (SSSR count). The summed E-state index contributed by atoms with van der Waals surface area (Å²) < 4.78 is 5.97. The van der Waals surface area contributed by atoms with E-state index in [2.05, 4.69) is 5.32 Å². The fourth-order valence-corrected chi connectivity index (χ4v) is 3.23. The maximum absolute atomic E-state index is 12.8. The van der Waals surface area contributed by atoms with Gasteiger partial charge in [-0.2, -0.15) is 0 Å². The minimum atomic E-state index is -0.473. The molecule has 0 aliphatic carbocycles. The molecule has 0 fully saturated rings. The average molecular weight is 340 g/mol. The fraction of sp³-hybridized carbons (Fsp3) is 0.316. The second-order valence-corrected chi connectivity index (χ2v) is 6.84. The molecule has 6 heteroatoms. The highest BCUT2D eigenvalue weighted by Crippen LogP contribution is 2.39. The number of carbonyl (C=O) groups is 1. The van der Waals surface area contributed by atoms with Gasteiger partial charge < -0.3 is 10.1 Å². The van der Waals surface area contributed by atoms with Crippen molar-refractivity contribution in [3.63, 3.8) is 0 Å². The van der Waals surface area contributed by atoms with E-state index in [0.717, 1.165) is 11.3 Å². The van der Waals surface area contributed by atoms with Crippen molar-refractivity contribution in [3.05, 3.63) is 69.3 Å². The van der Waals surface area contributed by atoms with Crippen LogP contribution in [0.5, 0.6) is 5.75 Å². The summed E-state index contributed by atoms with van der Waals surface area (Å²) in [7, 11) is 0. The molecule has 0 saturated carbocycles. The molecule has 0 radical (unpaired) electrons. The third kappa shape index (κ3) is 3.33. The normalized spacial score (nSPS) is 18.0. The Bertz CT molecular complexity index is 845. The van der Waals surface area contributed by atoms with Gasteiger partial charge in [-0.15, -0.1) is 0 Å². The molecular weight excluding hydrogens is 320 g/mol. The molecule has 0 aromatic heterocycles. The topological polar surface area (TPSA) is 81.5 Å². The van der Waals surface area contributed by atoms with Crippen LogP contribution in [-0.4, -0.2) is 16.4 Å². The standard InChI is InChI=1S/C19H20N2O4/c1-12-13(8-6-9-16(12)21(23)24)18(22)20-15-11-19(2,3)25-17-10-5-4-7-14(15)17/h4-10,15H,11H2,1-3H3,(H,20,22)/t15-/m1/s1. The molecule has 130 valence electrons. The molecule has 0 unspecified atom stereocenters. The van der Waals surface area contributed by atoms with Crippen LogP contribution in [0.15, 0.2) is 42.5 Å². The zero-order valence-corrected chi connectivity index (χ0v) is 14.4. The molecule has 25 heavy (non-hydrogen) atoms. The van der Waals surface area contributed by atoms with Crippen LogP contribution in [-0.2, 0) is 0 Å². The molecule has 1 aliphatic rings. The molecule has 6 nitrogen and oxygen atoms in total. The first-order valence-corrected chi connectivity index (χ1v) is 8.11. The number of nitro benzene ring substituents is 1. The quantitative estimate of drug-likeness (QED) is 0.678. The van der Waals surface area contributed by atoms with Crippen molar-refractivity contribution in [2.24, 2.45) is 0 Å². The number of fused-ring (bicyclic) bond motifs is 1. The average Bonchev–Trinajstić information content (AvgIpc) is 2.53. The van der Waals surface area contributed by atoms with Crippen molar-refractivity contribution in [1.82, 2.24) is 5.32 Å². The number of para-hydroxylation sites is 1. The second-order valence-electron chi connectivity index (χ2n) is 6.84. The van der Waals surface area contributed by atoms with Crippen molar-refractivity contribution in [2.75, 3.05) is 0 Å². The van der Waals surface area contributed by atoms with E-state index >= 15 is 0 Å². The lowest BCUT2D eigenvalue weighted by atomic mass is 9.89. The van der Waals surface area contributed by atoms with E-state index in [1.807, 2.05) is 38.1 Å². The van der Waals surface area contributed by atoms with Crippen LogP contribution in [0.3, 0.4) is 0 Å². The SMILES string of the molecule is Cc1c(C(=O)N[C@@H]2CC(C)(C)Oc3ccccc32)cccc1[N+](=O)[O-]. The van der Waals surface area contributed by atoms with Gasteiger partial charge in [0.1, 0.15) is 11.4 Å². The third-order valence-corrected chi connectivity index (χ3v) is 4.43. The molecule has 1 atom stereocenters. The number of amides is 1. The number of rotatable bonds is 3. The number of nitro groups is 1. The van der Waals surface area contributed by atoms with Crippen LogP contribution < -0.4 is 10.1 Å². The molecule has 2 aromatic rings. The lowest BCUT2D eigenvalue weighted by Crippen LogP contribution is -2.41. The number of nitrogens with zero attached hydrogens (tertiary/aromatic N) is 1. The number of nitrogens with one attached hydrogen (secondary N) is 1. The summed E-state index contributed by atoms with van der Waals surface area (Å²) in [5.74, 6) is 0.429. The predicted molar refractivity (Wildman–Crippen MR) is 93.8 cm³/mol. The Morgan fingerprint density at radius 2 is 1.96 bits per heavy atom. The van der Waals surface area contributed by atoms with E-state index in [-0.39, 0.29) is 17.6 Å². The molecule has 0 saturated heterocycles. The first kappa shape index (κ1) is 17.0. The van der Waals surface area contributed by atoms with Crippen LogP contribution >= 0.6 is 0 Å². The van der Waals surface area contributed by atoms with Gasteiger partial charge in [-0.3, -0.25) is 14.9 Å². The van der Waals surface area contributed by atoms with Gasteiger partial charge in [0, 0.05) is 29.2 Å². The summed E-state index contributed by atoms with van der Waals surface area (Å²) in [4.78, 5) is 23.4. The minimum Gasteiger partial charge on any atom is -0.487 e. The first-order chi connectivity index (χ1) is 11.8. The summed E-state index contributed by atoms with van der Waals surface area (Å²) in [5, 5.41) is 14.1. The lowest BCUT2D eigenvalue weighted by molar-refractivity contribution is -0.385. The van der Waals surface area contributed by atoms with Crippen molar-refractivity contribution < 1.29 is 14.5 Å². The molecule has 1 heterocycles. The summed E-state index contributed by atoms with van der Waals surface area (Å²) in [6.45, 7) is 5.54. The minimum absolute atomic E-state index is 0.0552.